The van der Waals surface area contributed by atoms with E-state index in [4.69, 9.17) is 15.2 Å². The molecule has 0 atom stereocenters. The molecule has 104 valence electrons. The number of nitrogens with two attached hydrogens (primary N) is 1. The Bertz CT molecular complexity index is 599. The van der Waals surface area contributed by atoms with Crippen LogP contribution in [-0.2, 0) is 4.84 Å². The minimum atomic E-state index is 0.254. The van der Waals surface area contributed by atoms with Gasteiger partial charge in [0.15, 0.2) is 0 Å². The Morgan fingerprint density at radius 2 is 1.80 bits per heavy atom. The van der Waals surface area contributed by atoms with Gasteiger partial charge in [0.25, 0.3) is 0 Å². The van der Waals surface area contributed by atoms with Gasteiger partial charge in [-0.2, -0.15) is 0 Å². The zero-order chi connectivity index (χ0) is 14.4. The van der Waals surface area contributed by atoms with Crippen molar-refractivity contribution in [1.29, 1.82) is 0 Å². The SMILES string of the molecule is CO/N=C/c1c(N)ncnc1Oc1ccc(OC)cc1. The number of hydrogen-bond donors (Lipinski definition) is 1. The van der Waals surface area contributed by atoms with Gasteiger partial charge in [-0.25, -0.2) is 9.97 Å². The molecule has 20 heavy (non-hydrogen) atoms. The van der Waals surface area contributed by atoms with Crippen LogP contribution in [0.5, 0.6) is 17.4 Å². The van der Waals surface area contributed by atoms with E-state index in [1.807, 2.05) is 0 Å². The predicted molar refractivity (Wildman–Crippen MR) is 74.1 cm³/mol. The molecule has 1 aromatic heterocycles. The molecule has 0 fully saturated rings. The van der Waals surface area contributed by atoms with Gasteiger partial charge in [-0.1, -0.05) is 5.16 Å². The number of aromatic nitrogens is 2. The molecule has 0 spiro atoms. The highest BCUT2D eigenvalue weighted by Crippen LogP contribution is 2.25. The van der Waals surface area contributed by atoms with Gasteiger partial charge in [0.2, 0.25) is 5.88 Å². The predicted octanol–water partition coefficient (Wildman–Crippen LogP) is 1.84. The highest BCUT2D eigenvalue weighted by atomic mass is 16.6. The molecule has 2 aromatic rings. The van der Waals surface area contributed by atoms with E-state index in [1.54, 1.807) is 31.4 Å². The van der Waals surface area contributed by atoms with E-state index in [2.05, 4.69) is 20.0 Å². The van der Waals surface area contributed by atoms with Crippen LogP contribution < -0.4 is 15.2 Å². The number of rotatable bonds is 5. The Morgan fingerprint density at radius 3 is 2.45 bits per heavy atom. The van der Waals surface area contributed by atoms with Crippen molar-refractivity contribution in [2.75, 3.05) is 20.0 Å². The molecule has 0 bridgehead atoms. The van der Waals surface area contributed by atoms with Crippen molar-refractivity contribution in [2.45, 2.75) is 0 Å². The van der Waals surface area contributed by atoms with Crippen molar-refractivity contribution in [3.63, 3.8) is 0 Å². The lowest BCUT2D eigenvalue weighted by atomic mass is 10.3. The summed E-state index contributed by atoms with van der Waals surface area (Å²) in [5.41, 5.74) is 6.21. The van der Waals surface area contributed by atoms with Crippen LogP contribution in [0, 0.1) is 0 Å². The standard InChI is InChI=1S/C13H14N4O3/c1-18-9-3-5-10(6-4-9)20-13-11(7-17-19-2)12(14)15-8-16-13/h3-8H,1-2H3,(H2,14,15,16)/b17-7+. The van der Waals surface area contributed by atoms with Crippen molar-refractivity contribution in [3.8, 4) is 17.4 Å². The summed E-state index contributed by atoms with van der Waals surface area (Å²) in [5, 5.41) is 3.65. The second kappa shape index (κ2) is 6.37. The van der Waals surface area contributed by atoms with Crippen LogP contribution in [0.4, 0.5) is 5.82 Å². The molecule has 2 rings (SSSR count). The summed E-state index contributed by atoms with van der Waals surface area (Å²) in [6, 6.07) is 7.08. The van der Waals surface area contributed by atoms with E-state index >= 15 is 0 Å². The van der Waals surface area contributed by atoms with Crippen molar-refractivity contribution in [2.24, 2.45) is 5.16 Å². The van der Waals surface area contributed by atoms with E-state index in [9.17, 15) is 0 Å². The van der Waals surface area contributed by atoms with E-state index < -0.39 is 0 Å². The largest absolute Gasteiger partial charge is 0.497 e. The molecule has 0 aliphatic heterocycles. The van der Waals surface area contributed by atoms with E-state index in [1.165, 1.54) is 19.7 Å². The third-order valence-corrected chi connectivity index (χ3v) is 2.44. The minimum absolute atomic E-state index is 0.254. The van der Waals surface area contributed by atoms with E-state index in [0.29, 0.717) is 17.2 Å². The Labute approximate surface area is 116 Å². The topological polar surface area (TPSA) is 91.9 Å². The summed E-state index contributed by atoms with van der Waals surface area (Å²) < 4.78 is 10.7. The van der Waals surface area contributed by atoms with E-state index in [0.717, 1.165) is 5.75 Å². The average molecular weight is 274 g/mol. The lowest BCUT2D eigenvalue weighted by molar-refractivity contribution is 0.215. The summed E-state index contributed by atoms with van der Waals surface area (Å²) in [6.45, 7) is 0. The fourth-order valence-corrected chi connectivity index (χ4v) is 1.46. The second-order valence-electron chi connectivity index (χ2n) is 3.67. The highest BCUT2D eigenvalue weighted by molar-refractivity contribution is 5.88. The molecule has 0 amide bonds. The van der Waals surface area contributed by atoms with Crippen LogP contribution in [0.3, 0.4) is 0 Å². The third kappa shape index (κ3) is 3.14. The van der Waals surface area contributed by atoms with E-state index in [-0.39, 0.29) is 5.82 Å². The number of oxime groups is 1. The first-order valence-electron chi connectivity index (χ1n) is 5.73. The normalized spacial score (nSPS) is 10.5. The number of nitrogens with zero attached hydrogens (tertiary/aromatic N) is 3. The maximum absolute atomic E-state index is 5.76. The molecule has 0 radical (unpaired) electrons. The first-order chi connectivity index (χ1) is 9.74. The van der Waals surface area contributed by atoms with Gasteiger partial charge in [-0.05, 0) is 24.3 Å². The van der Waals surface area contributed by atoms with Gasteiger partial charge in [0.1, 0.15) is 36.3 Å². The lowest BCUT2D eigenvalue weighted by Crippen LogP contribution is -2.02. The summed E-state index contributed by atoms with van der Waals surface area (Å²) in [4.78, 5) is 12.5. The number of benzene rings is 1. The number of anilines is 1. The molecule has 0 unspecified atom stereocenters. The lowest BCUT2D eigenvalue weighted by Gasteiger charge is -2.08. The smallest absolute Gasteiger partial charge is 0.233 e. The molecular weight excluding hydrogens is 260 g/mol. The molecular formula is C13H14N4O3. The number of hydrogen-bond acceptors (Lipinski definition) is 7. The van der Waals surface area contributed by atoms with Crippen molar-refractivity contribution in [3.05, 3.63) is 36.2 Å². The molecule has 0 saturated heterocycles. The van der Waals surface area contributed by atoms with Crippen molar-refractivity contribution < 1.29 is 14.3 Å². The Balaban J connectivity index is 2.27. The van der Waals surface area contributed by atoms with Crippen LogP contribution in [0.25, 0.3) is 0 Å². The zero-order valence-corrected chi connectivity index (χ0v) is 11.1. The molecule has 7 heteroatoms. The van der Waals surface area contributed by atoms with Crippen LogP contribution in [-0.4, -0.2) is 30.4 Å². The Kier molecular flexibility index (Phi) is 4.33. The Hall–Kier alpha value is -2.83. The quantitative estimate of drug-likeness (QED) is 0.660. The monoisotopic (exact) mass is 274 g/mol. The van der Waals surface area contributed by atoms with Crippen molar-refractivity contribution in [1.82, 2.24) is 9.97 Å². The molecule has 2 N–H and O–H groups in total. The minimum Gasteiger partial charge on any atom is -0.497 e. The summed E-state index contributed by atoms with van der Waals surface area (Å²) >= 11 is 0. The molecule has 1 aromatic carbocycles. The maximum atomic E-state index is 5.76. The Morgan fingerprint density at radius 1 is 1.10 bits per heavy atom. The first-order valence-corrected chi connectivity index (χ1v) is 5.73. The summed E-state index contributed by atoms with van der Waals surface area (Å²) in [6.07, 6.45) is 2.71. The molecule has 1 heterocycles. The molecule has 0 aliphatic rings. The molecule has 7 nitrogen and oxygen atoms in total. The average Bonchev–Trinajstić information content (AvgIpc) is 2.47. The van der Waals surface area contributed by atoms with Gasteiger partial charge in [-0.15, -0.1) is 0 Å². The second-order valence-corrected chi connectivity index (χ2v) is 3.67. The van der Waals surface area contributed by atoms with Crippen LogP contribution in [0.2, 0.25) is 0 Å². The van der Waals surface area contributed by atoms with Crippen LogP contribution in [0.15, 0.2) is 35.7 Å². The van der Waals surface area contributed by atoms with Gasteiger partial charge in [-0.3, -0.25) is 0 Å². The number of nitrogen functional groups attached to an aromatic ring is 1. The van der Waals surface area contributed by atoms with Gasteiger partial charge in [0, 0.05) is 0 Å². The first kappa shape index (κ1) is 13.6. The fourth-order valence-electron chi connectivity index (χ4n) is 1.46. The maximum Gasteiger partial charge on any atom is 0.233 e. The third-order valence-electron chi connectivity index (χ3n) is 2.44. The fraction of sp³-hybridized carbons (Fsp3) is 0.154. The van der Waals surface area contributed by atoms with Gasteiger partial charge < -0.3 is 20.0 Å². The van der Waals surface area contributed by atoms with Crippen LogP contribution in [0.1, 0.15) is 5.56 Å². The van der Waals surface area contributed by atoms with Gasteiger partial charge in [0.05, 0.1) is 13.3 Å². The highest BCUT2D eigenvalue weighted by Gasteiger charge is 2.10. The summed E-state index contributed by atoms with van der Waals surface area (Å²) in [5.74, 6) is 1.88. The summed E-state index contributed by atoms with van der Waals surface area (Å²) in [7, 11) is 3.03. The zero-order valence-electron chi connectivity index (χ0n) is 11.1. The van der Waals surface area contributed by atoms with Crippen molar-refractivity contribution >= 4 is 12.0 Å². The van der Waals surface area contributed by atoms with Gasteiger partial charge >= 0.3 is 0 Å². The number of methoxy groups -OCH3 is 1. The number of ether oxygens (including phenoxy) is 2. The van der Waals surface area contributed by atoms with Crippen LogP contribution >= 0.6 is 0 Å². The molecule has 0 saturated carbocycles. The molecule has 0 aliphatic carbocycles.